The van der Waals surface area contributed by atoms with Crippen molar-refractivity contribution < 1.29 is 14.7 Å². The standard InChI is InChI=1S/C20H20N2O3/c1-13-4-6-14(7-5-13)12-22-18-11-15(20(24)25)8-9-16(18)21-10-2-3-17(21)19(22)23/h4-9,11,17H,2-3,10,12H2,1H3,(H,24,25). The van der Waals surface area contributed by atoms with Crippen LogP contribution in [0.15, 0.2) is 42.5 Å². The van der Waals surface area contributed by atoms with Gasteiger partial charge in [-0.2, -0.15) is 0 Å². The van der Waals surface area contributed by atoms with E-state index in [1.807, 2.05) is 37.3 Å². The topological polar surface area (TPSA) is 60.9 Å². The Hall–Kier alpha value is -2.82. The Balaban J connectivity index is 1.78. The molecule has 1 atom stereocenters. The minimum absolute atomic E-state index is 0.0631. The third-order valence-electron chi connectivity index (χ3n) is 5.09. The third-order valence-corrected chi connectivity index (χ3v) is 5.09. The maximum absolute atomic E-state index is 13.1. The number of nitrogens with zero attached hydrogens (tertiary/aromatic N) is 2. The molecule has 1 amide bonds. The summed E-state index contributed by atoms with van der Waals surface area (Å²) in [5.74, 6) is -0.915. The van der Waals surface area contributed by atoms with Crippen LogP contribution in [0.25, 0.3) is 0 Å². The van der Waals surface area contributed by atoms with E-state index in [-0.39, 0.29) is 17.5 Å². The van der Waals surface area contributed by atoms with E-state index in [1.165, 1.54) is 5.56 Å². The molecule has 128 valence electrons. The first-order valence-electron chi connectivity index (χ1n) is 8.55. The zero-order valence-corrected chi connectivity index (χ0v) is 14.1. The van der Waals surface area contributed by atoms with E-state index in [9.17, 15) is 14.7 Å². The molecule has 25 heavy (non-hydrogen) atoms. The second-order valence-corrected chi connectivity index (χ2v) is 6.77. The van der Waals surface area contributed by atoms with Gasteiger partial charge in [0.15, 0.2) is 0 Å². The number of carbonyl (C=O) groups excluding carboxylic acids is 1. The molecular formula is C20H20N2O3. The molecular weight excluding hydrogens is 316 g/mol. The van der Waals surface area contributed by atoms with Gasteiger partial charge in [0.05, 0.1) is 23.5 Å². The van der Waals surface area contributed by atoms with Crippen molar-refractivity contribution in [1.82, 2.24) is 0 Å². The van der Waals surface area contributed by atoms with Gasteiger partial charge in [-0.3, -0.25) is 4.79 Å². The molecule has 0 spiro atoms. The molecule has 0 radical (unpaired) electrons. The number of aryl methyl sites for hydroxylation is 1. The second-order valence-electron chi connectivity index (χ2n) is 6.77. The van der Waals surface area contributed by atoms with E-state index in [4.69, 9.17) is 0 Å². The van der Waals surface area contributed by atoms with Crippen molar-refractivity contribution in [3.05, 3.63) is 59.2 Å². The van der Waals surface area contributed by atoms with Crippen LogP contribution in [0, 0.1) is 6.92 Å². The summed E-state index contributed by atoms with van der Waals surface area (Å²) in [4.78, 5) is 28.3. The lowest BCUT2D eigenvalue weighted by Gasteiger charge is -2.39. The van der Waals surface area contributed by atoms with Gasteiger partial charge in [0.1, 0.15) is 6.04 Å². The number of carboxylic acid groups (broad SMARTS) is 1. The monoisotopic (exact) mass is 336 g/mol. The van der Waals surface area contributed by atoms with Crippen LogP contribution in [0.1, 0.15) is 34.3 Å². The van der Waals surface area contributed by atoms with Gasteiger partial charge in [-0.05, 0) is 43.5 Å². The average Bonchev–Trinajstić information content (AvgIpc) is 3.10. The van der Waals surface area contributed by atoms with Gasteiger partial charge >= 0.3 is 5.97 Å². The highest BCUT2D eigenvalue weighted by molar-refractivity contribution is 6.07. The number of anilines is 2. The zero-order chi connectivity index (χ0) is 17.6. The van der Waals surface area contributed by atoms with Crippen molar-refractivity contribution in [1.29, 1.82) is 0 Å². The maximum atomic E-state index is 13.1. The molecule has 1 unspecified atom stereocenters. The van der Waals surface area contributed by atoms with Crippen LogP contribution in [-0.4, -0.2) is 29.6 Å². The highest BCUT2D eigenvalue weighted by atomic mass is 16.4. The predicted molar refractivity (Wildman–Crippen MR) is 96.1 cm³/mol. The molecule has 0 aliphatic carbocycles. The Morgan fingerprint density at radius 2 is 1.92 bits per heavy atom. The molecule has 2 aromatic rings. The molecule has 5 nitrogen and oxygen atoms in total. The quantitative estimate of drug-likeness (QED) is 0.935. The van der Waals surface area contributed by atoms with Crippen molar-refractivity contribution in [2.45, 2.75) is 32.4 Å². The van der Waals surface area contributed by atoms with Crippen LogP contribution < -0.4 is 9.80 Å². The van der Waals surface area contributed by atoms with E-state index in [0.29, 0.717) is 12.2 Å². The Morgan fingerprint density at radius 3 is 2.64 bits per heavy atom. The zero-order valence-electron chi connectivity index (χ0n) is 14.1. The number of amides is 1. The maximum Gasteiger partial charge on any atom is 0.335 e. The number of carboxylic acids is 1. The molecule has 2 heterocycles. The molecule has 5 heteroatoms. The van der Waals surface area contributed by atoms with Gasteiger partial charge in [0, 0.05) is 6.54 Å². The van der Waals surface area contributed by atoms with Crippen LogP contribution in [0.5, 0.6) is 0 Å². The highest BCUT2D eigenvalue weighted by Crippen LogP contribution is 2.41. The molecule has 0 saturated carbocycles. The summed E-state index contributed by atoms with van der Waals surface area (Å²) in [5, 5.41) is 9.33. The number of rotatable bonds is 3. The summed E-state index contributed by atoms with van der Waals surface area (Å²) in [6.45, 7) is 3.33. The van der Waals surface area contributed by atoms with Crippen LogP contribution in [-0.2, 0) is 11.3 Å². The highest BCUT2D eigenvalue weighted by Gasteiger charge is 2.40. The van der Waals surface area contributed by atoms with E-state index in [2.05, 4.69) is 4.90 Å². The van der Waals surface area contributed by atoms with Gasteiger partial charge in [-0.25, -0.2) is 4.79 Å². The first kappa shape index (κ1) is 15.7. The number of fused-ring (bicyclic) bond motifs is 3. The summed E-state index contributed by atoms with van der Waals surface area (Å²) in [5.41, 5.74) is 4.07. The molecule has 4 rings (SSSR count). The van der Waals surface area contributed by atoms with E-state index in [1.54, 1.807) is 17.0 Å². The van der Waals surface area contributed by atoms with Crippen LogP contribution >= 0.6 is 0 Å². The van der Waals surface area contributed by atoms with Crippen molar-refractivity contribution in [3.8, 4) is 0 Å². The number of aromatic carboxylic acids is 1. The van der Waals surface area contributed by atoms with Gasteiger partial charge in [-0.15, -0.1) is 0 Å². The van der Waals surface area contributed by atoms with Gasteiger partial charge in [0.25, 0.3) is 0 Å². The summed E-state index contributed by atoms with van der Waals surface area (Å²) in [7, 11) is 0. The first-order valence-corrected chi connectivity index (χ1v) is 8.55. The Morgan fingerprint density at radius 1 is 1.16 bits per heavy atom. The van der Waals surface area contributed by atoms with Crippen molar-refractivity contribution >= 4 is 23.3 Å². The Kier molecular flexibility index (Phi) is 3.71. The fourth-order valence-electron chi connectivity index (χ4n) is 3.77. The molecule has 1 fully saturated rings. The van der Waals surface area contributed by atoms with Gasteiger partial charge in [-0.1, -0.05) is 29.8 Å². The lowest BCUT2D eigenvalue weighted by atomic mass is 10.0. The molecule has 1 saturated heterocycles. The number of hydrogen-bond donors (Lipinski definition) is 1. The lowest BCUT2D eigenvalue weighted by molar-refractivity contribution is -0.120. The molecule has 2 aliphatic rings. The Labute approximate surface area is 146 Å². The smallest absolute Gasteiger partial charge is 0.335 e. The van der Waals surface area contributed by atoms with Crippen LogP contribution in [0.3, 0.4) is 0 Å². The third kappa shape index (κ3) is 2.65. The summed E-state index contributed by atoms with van der Waals surface area (Å²) in [6.07, 6.45) is 1.83. The van der Waals surface area contributed by atoms with E-state index < -0.39 is 5.97 Å². The normalized spacial score (nSPS) is 18.9. The largest absolute Gasteiger partial charge is 0.478 e. The Bertz CT molecular complexity index is 845. The predicted octanol–water partition coefficient (Wildman–Crippen LogP) is 3.21. The molecule has 2 aliphatic heterocycles. The van der Waals surface area contributed by atoms with E-state index in [0.717, 1.165) is 30.6 Å². The van der Waals surface area contributed by atoms with Crippen LogP contribution in [0.2, 0.25) is 0 Å². The SMILES string of the molecule is Cc1ccc(CN2C(=O)C3CCCN3c3ccc(C(=O)O)cc32)cc1. The minimum atomic E-state index is -0.978. The van der Waals surface area contributed by atoms with Gasteiger partial charge in [0.2, 0.25) is 5.91 Å². The van der Waals surface area contributed by atoms with Crippen molar-refractivity contribution in [3.63, 3.8) is 0 Å². The molecule has 0 bridgehead atoms. The first-order chi connectivity index (χ1) is 12.0. The lowest BCUT2D eigenvalue weighted by Crippen LogP contribution is -2.50. The minimum Gasteiger partial charge on any atom is -0.478 e. The fourth-order valence-corrected chi connectivity index (χ4v) is 3.77. The number of benzene rings is 2. The summed E-state index contributed by atoms with van der Waals surface area (Å²) in [6, 6.07) is 13.0. The van der Waals surface area contributed by atoms with Crippen LogP contribution in [0.4, 0.5) is 11.4 Å². The molecule has 0 aromatic heterocycles. The van der Waals surface area contributed by atoms with Gasteiger partial charge < -0.3 is 14.9 Å². The second kappa shape index (κ2) is 5.92. The number of hydrogen-bond acceptors (Lipinski definition) is 3. The fraction of sp³-hybridized carbons (Fsp3) is 0.300. The summed E-state index contributed by atoms with van der Waals surface area (Å²) >= 11 is 0. The number of carbonyl (C=O) groups is 2. The molecule has 2 aromatic carbocycles. The molecule has 1 N–H and O–H groups in total. The van der Waals surface area contributed by atoms with Crippen molar-refractivity contribution in [2.24, 2.45) is 0 Å². The average molecular weight is 336 g/mol. The summed E-state index contributed by atoms with van der Waals surface area (Å²) < 4.78 is 0. The van der Waals surface area contributed by atoms with E-state index >= 15 is 0 Å². The van der Waals surface area contributed by atoms with Crippen molar-refractivity contribution in [2.75, 3.05) is 16.3 Å².